The number of halogens is 1. The first kappa shape index (κ1) is 21.5. The van der Waals surface area contributed by atoms with Gasteiger partial charge in [-0.05, 0) is 55.1 Å². The largest absolute Gasteiger partial charge is 0.465 e. The van der Waals surface area contributed by atoms with Crippen molar-refractivity contribution in [3.05, 3.63) is 58.4 Å². The number of carbonyl (C=O) groups excluding carboxylic acids is 1. The molecule has 1 saturated heterocycles. The van der Waals surface area contributed by atoms with Gasteiger partial charge in [0.2, 0.25) is 0 Å². The van der Waals surface area contributed by atoms with Gasteiger partial charge in [0.15, 0.2) is 12.4 Å². The van der Waals surface area contributed by atoms with Crippen molar-refractivity contribution in [1.29, 1.82) is 0 Å². The average Bonchev–Trinajstić information content (AvgIpc) is 3.26. The fourth-order valence-corrected chi connectivity index (χ4v) is 4.41. The highest BCUT2D eigenvalue weighted by molar-refractivity contribution is 5.93. The predicted octanol–water partition coefficient (Wildman–Crippen LogP) is 1.37. The van der Waals surface area contributed by atoms with Gasteiger partial charge in [-0.1, -0.05) is 0 Å². The van der Waals surface area contributed by atoms with Crippen LogP contribution in [0.1, 0.15) is 12.1 Å². The van der Waals surface area contributed by atoms with Gasteiger partial charge in [-0.25, -0.2) is 14.4 Å². The highest BCUT2D eigenvalue weighted by Gasteiger charge is 2.23. The third kappa shape index (κ3) is 4.86. The molecule has 0 radical (unpaired) electrons. The van der Waals surface area contributed by atoms with E-state index in [-0.39, 0.29) is 23.9 Å². The Morgan fingerprint density at radius 1 is 1.21 bits per heavy atom. The molecule has 1 aromatic carbocycles. The molecule has 2 aliphatic heterocycles. The van der Waals surface area contributed by atoms with Crippen LogP contribution in [0.5, 0.6) is 5.88 Å². The van der Waals surface area contributed by atoms with Crippen LogP contribution in [-0.2, 0) is 17.9 Å². The number of rotatable bonds is 7. The first-order valence-electron chi connectivity index (χ1n) is 11.1. The van der Waals surface area contributed by atoms with Gasteiger partial charge in [0.25, 0.3) is 17.3 Å². The number of carbonyl (C=O) groups is 1. The Morgan fingerprint density at radius 3 is 3.00 bits per heavy atom. The van der Waals surface area contributed by atoms with Crippen molar-refractivity contribution >= 4 is 22.6 Å². The Hall–Kier alpha value is -3.37. The van der Waals surface area contributed by atoms with Crippen molar-refractivity contribution in [1.82, 2.24) is 24.8 Å². The number of anilines is 1. The predicted molar refractivity (Wildman–Crippen MR) is 121 cm³/mol. The maximum Gasteiger partial charge on any atom is 0.263 e. The molecule has 1 amide bonds. The van der Waals surface area contributed by atoms with E-state index in [2.05, 4.69) is 25.5 Å². The Labute approximate surface area is 189 Å². The molecule has 3 aromatic rings. The smallest absolute Gasteiger partial charge is 0.263 e. The van der Waals surface area contributed by atoms with Crippen molar-refractivity contribution in [2.45, 2.75) is 19.5 Å². The van der Waals surface area contributed by atoms with Gasteiger partial charge in [0, 0.05) is 32.2 Å². The van der Waals surface area contributed by atoms with Gasteiger partial charge in [-0.3, -0.25) is 9.59 Å². The molecule has 10 heteroatoms. The van der Waals surface area contributed by atoms with Crippen molar-refractivity contribution in [2.75, 3.05) is 38.1 Å². The number of aromatic nitrogens is 3. The molecule has 5 rings (SSSR count). The number of nitrogens with zero attached hydrogens (tertiary/aromatic N) is 4. The van der Waals surface area contributed by atoms with Gasteiger partial charge in [0.05, 0.1) is 17.4 Å². The Bertz CT molecular complexity index is 1250. The van der Waals surface area contributed by atoms with Crippen LogP contribution in [-0.4, -0.2) is 58.1 Å². The zero-order chi connectivity index (χ0) is 22.8. The lowest BCUT2D eigenvalue weighted by molar-refractivity contribution is -0.118. The van der Waals surface area contributed by atoms with E-state index in [1.165, 1.54) is 18.2 Å². The molecule has 2 aliphatic rings. The first-order valence-corrected chi connectivity index (χ1v) is 11.1. The van der Waals surface area contributed by atoms with E-state index in [0.717, 1.165) is 43.7 Å². The fraction of sp³-hybridized carbons (Fsp3) is 0.391. The Kier molecular flexibility index (Phi) is 6.01. The zero-order valence-electron chi connectivity index (χ0n) is 18.1. The van der Waals surface area contributed by atoms with Crippen LogP contribution in [0.3, 0.4) is 0 Å². The number of hydrogen-bond acceptors (Lipinski definition) is 7. The molecule has 9 nitrogen and oxygen atoms in total. The molecule has 33 heavy (non-hydrogen) atoms. The number of fused-ring (bicyclic) bond motifs is 2. The van der Waals surface area contributed by atoms with Crippen LogP contribution >= 0.6 is 0 Å². The molecule has 2 N–H and O–H groups in total. The molecule has 1 fully saturated rings. The molecule has 0 unspecified atom stereocenters. The highest BCUT2D eigenvalue weighted by Crippen LogP contribution is 2.22. The van der Waals surface area contributed by atoms with Crippen LogP contribution in [0, 0.1) is 11.7 Å². The number of pyridine rings is 1. The third-order valence-electron chi connectivity index (χ3n) is 6.09. The standard InChI is InChI=1S/C23H25FN6O3/c24-17-3-1-16-2-4-21(32)30(19(16)9-17)8-7-29-6-5-15(13-29)10-25-11-18-12-26-23-22(27-18)28-20(31)14-33-23/h1-4,9,12,15,25H,5-8,10-11,13-14H2,(H,27,28,31)/t15-/m0/s1. The van der Waals surface area contributed by atoms with Crippen molar-refractivity contribution in [3.63, 3.8) is 0 Å². The van der Waals surface area contributed by atoms with Crippen LogP contribution in [0.25, 0.3) is 10.9 Å². The van der Waals surface area contributed by atoms with Gasteiger partial charge >= 0.3 is 0 Å². The van der Waals surface area contributed by atoms with Crippen LogP contribution in [0.15, 0.2) is 41.3 Å². The maximum atomic E-state index is 13.7. The molecular weight excluding hydrogens is 427 g/mol. The quantitative estimate of drug-likeness (QED) is 0.558. The second-order valence-corrected chi connectivity index (χ2v) is 8.46. The van der Waals surface area contributed by atoms with E-state index in [1.807, 2.05) is 0 Å². The van der Waals surface area contributed by atoms with E-state index in [9.17, 15) is 14.0 Å². The molecule has 172 valence electrons. The van der Waals surface area contributed by atoms with Gasteiger partial charge in [0.1, 0.15) is 5.82 Å². The van der Waals surface area contributed by atoms with E-state index < -0.39 is 0 Å². The van der Waals surface area contributed by atoms with Crippen molar-refractivity contribution in [3.8, 4) is 5.88 Å². The number of ether oxygens (including phenoxy) is 1. The van der Waals surface area contributed by atoms with Gasteiger partial charge in [-0.15, -0.1) is 0 Å². The molecule has 4 heterocycles. The SMILES string of the molecule is O=C1COc2ncc(CNC[C@@H]3CCN(CCn4c(=O)ccc5ccc(F)cc54)C3)nc2N1. The Morgan fingerprint density at radius 2 is 2.09 bits per heavy atom. The summed E-state index contributed by atoms with van der Waals surface area (Å²) in [4.78, 5) is 34.7. The van der Waals surface area contributed by atoms with Crippen molar-refractivity contribution < 1.29 is 13.9 Å². The van der Waals surface area contributed by atoms with E-state index in [1.54, 1.807) is 22.9 Å². The molecular formula is C23H25FN6O3. The summed E-state index contributed by atoms with van der Waals surface area (Å²) in [6.45, 7) is 4.49. The van der Waals surface area contributed by atoms with Gasteiger partial charge < -0.3 is 24.8 Å². The number of likely N-dealkylation sites (tertiary alicyclic amines) is 1. The molecule has 2 aromatic heterocycles. The monoisotopic (exact) mass is 452 g/mol. The minimum atomic E-state index is -0.340. The van der Waals surface area contributed by atoms with E-state index in [4.69, 9.17) is 4.74 Å². The Balaban J connectivity index is 1.12. The van der Waals surface area contributed by atoms with Crippen LogP contribution in [0.2, 0.25) is 0 Å². The topological polar surface area (TPSA) is 101 Å². The normalized spacial score (nSPS) is 18.2. The summed E-state index contributed by atoms with van der Waals surface area (Å²) in [5.74, 6) is 0.621. The van der Waals surface area contributed by atoms with Crippen LogP contribution < -0.4 is 20.9 Å². The molecule has 1 atom stereocenters. The molecule has 0 aliphatic carbocycles. The minimum absolute atomic E-state index is 0.0382. The summed E-state index contributed by atoms with van der Waals surface area (Å²) >= 11 is 0. The number of hydrogen-bond donors (Lipinski definition) is 2. The van der Waals surface area contributed by atoms with E-state index in [0.29, 0.717) is 36.2 Å². The second kappa shape index (κ2) is 9.24. The third-order valence-corrected chi connectivity index (χ3v) is 6.09. The summed E-state index contributed by atoms with van der Waals surface area (Å²) in [5, 5.41) is 6.94. The highest BCUT2D eigenvalue weighted by atomic mass is 19.1. The van der Waals surface area contributed by atoms with Gasteiger partial charge in [-0.2, -0.15) is 0 Å². The molecule has 0 saturated carbocycles. The number of benzene rings is 1. The maximum absolute atomic E-state index is 13.7. The number of nitrogens with one attached hydrogen (secondary N) is 2. The summed E-state index contributed by atoms with van der Waals surface area (Å²) < 4.78 is 20.6. The van der Waals surface area contributed by atoms with E-state index >= 15 is 0 Å². The summed E-state index contributed by atoms with van der Waals surface area (Å²) in [6.07, 6.45) is 2.71. The lowest BCUT2D eigenvalue weighted by Gasteiger charge is -2.18. The molecule has 0 bridgehead atoms. The number of amides is 1. The lowest BCUT2D eigenvalue weighted by atomic mass is 10.1. The summed E-state index contributed by atoms with van der Waals surface area (Å²) in [6, 6.07) is 7.81. The second-order valence-electron chi connectivity index (χ2n) is 8.46. The van der Waals surface area contributed by atoms with Crippen molar-refractivity contribution in [2.24, 2.45) is 5.92 Å². The lowest BCUT2D eigenvalue weighted by Crippen LogP contribution is -2.31. The summed E-state index contributed by atoms with van der Waals surface area (Å²) in [5.41, 5.74) is 1.25. The van der Waals surface area contributed by atoms with Crippen LogP contribution in [0.4, 0.5) is 10.2 Å². The molecule has 0 spiro atoms. The summed E-state index contributed by atoms with van der Waals surface area (Å²) in [7, 11) is 0. The first-order chi connectivity index (χ1) is 16.0. The minimum Gasteiger partial charge on any atom is -0.465 e. The fourth-order valence-electron chi connectivity index (χ4n) is 4.41. The average molecular weight is 452 g/mol. The zero-order valence-corrected chi connectivity index (χ0v) is 18.1.